The van der Waals surface area contributed by atoms with Crippen LogP contribution in [-0.4, -0.2) is 17.0 Å². The third-order valence-electron chi connectivity index (χ3n) is 7.12. The Kier molecular flexibility index (Phi) is 4.53. The van der Waals surface area contributed by atoms with Gasteiger partial charge in [0.2, 0.25) is 5.91 Å². The molecular formula is C29H31NO2. The average molecular weight is 426 g/mol. The number of nitrogens with one attached hydrogen (secondary N) is 1. The lowest BCUT2D eigenvalue weighted by molar-refractivity contribution is -0.124. The summed E-state index contributed by atoms with van der Waals surface area (Å²) in [7, 11) is 0. The molecule has 3 aromatic rings. The molecule has 0 bridgehead atoms. The maximum atomic E-state index is 13.1. The van der Waals surface area contributed by atoms with Gasteiger partial charge in [0.05, 0.1) is 0 Å². The minimum atomic E-state index is -0.638. The van der Waals surface area contributed by atoms with Crippen LogP contribution in [0.4, 0.5) is 0 Å². The van der Waals surface area contributed by atoms with E-state index in [2.05, 4.69) is 92.0 Å². The van der Waals surface area contributed by atoms with Gasteiger partial charge in [0.25, 0.3) is 0 Å². The van der Waals surface area contributed by atoms with Crippen LogP contribution in [0.2, 0.25) is 0 Å². The summed E-state index contributed by atoms with van der Waals surface area (Å²) in [6.07, 6.45) is 4.81. The van der Waals surface area contributed by atoms with Gasteiger partial charge in [0.15, 0.2) is 0 Å². The van der Waals surface area contributed by atoms with E-state index in [4.69, 9.17) is 4.74 Å². The van der Waals surface area contributed by atoms with Crippen molar-refractivity contribution in [1.29, 1.82) is 0 Å². The molecule has 3 aromatic carbocycles. The molecule has 5 rings (SSSR count). The van der Waals surface area contributed by atoms with Crippen molar-refractivity contribution in [3.63, 3.8) is 0 Å². The Balaban J connectivity index is 1.64. The number of hydrogen-bond donors (Lipinski definition) is 1. The van der Waals surface area contributed by atoms with E-state index in [1.807, 2.05) is 20.8 Å². The van der Waals surface area contributed by atoms with Gasteiger partial charge < -0.3 is 10.1 Å². The van der Waals surface area contributed by atoms with Crippen LogP contribution in [0.25, 0.3) is 16.8 Å². The number of carbonyl (C=O) groups excluding carboxylic acids is 1. The largest absolute Gasteiger partial charge is 0.481 e. The highest BCUT2D eigenvalue weighted by atomic mass is 16.5. The lowest BCUT2D eigenvalue weighted by Crippen LogP contribution is -2.53. The van der Waals surface area contributed by atoms with Crippen molar-refractivity contribution >= 4 is 22.8 Å². The Morgan fingerprint density at radius 2 is 1.72 bits per heavy atom. The fraction of sp³-hybridized carbons (Fsp3) is 0.345. The summed E-state index contributed by atoms with van der Waals surface area (Å²) in [6.45, 7) is 10.5. The zero-order valence-electron chi connectivity index (χ0n) is 19.5. The van der Waals surface area contributed by atoms with Crippen LogP contribution in [0.15, 0.2) is 66.7 Å². The van der Waals surface area contributed by atoms with Crippen molar-refractivity contribution in [2.24, 2.45) is 0 Å². The fourth-order valence-electron chi connectivity index (χ4n) is 5.65. The van der Waals surface area contributed by atoms with E-state index in [0.29, 0.717) is 6.42 Å². The number of carbonyl (C=O) groups is 1. The normalized spacial score (nSPS) is 23.0. The lowest BCUT2D eigenvalue weighted by Gasteiger charge is -2.45. The summed E-state index contributed by atoms with van der Waals surface area (Å²) in [5.41, 5.74) is 2.36. The van der Waals surface area contributed by atoms with Crippen LogP contribution in [-0.2, 0) is 10.2 Å². The van der Waals surface area contributed by atoms with Crippen LogP contribution in [0.1, 0.15) is 63.6 Å². The van der Waals surface area contributed by atoms with Crippen LogP contribution in [0, 0.1) is 0 Å². The van der Waals surface area contributed by atoms with E-state index in [-0.39, 0.29) is 22.8 Å². The van der Waals surface area contributed by atoms with Gasteiger partial charge in [-0.1, -0.05) is 74.5 Å². The van der Waals surface area contributed by atoms with E-state index in [1.54, 1.807) is 0 Å². The van der Waals surface area contributed by atoms with E-state index in [1.165, 1.54) is 21.9 Å². The molecule has 2 aliphatic rings. The summed E-state index contributed by atoms with van der Waals surface area (Å²) in [6, 6.07) is 21.1. The monoisotopic (exact) mass is 425 g/mol. The predicted octanol–water partition coefficient (Wildman–Crippen LogP) is 6.36. The summed E-state index contributed by atoms with van der Waals surface area (Å²) >= 11 is 0. The molecule has 1 amide bonds. The first-order valence-corrected chi connectivity index (χ1v) is 11.4. The predicted molar refractivity (Wildman–Crippen MR) is 131 cm³/mol. The Bertz CT molecular complexity index is 1250. The number of hydrogen-bond acceptors (Lipinski definition) is 2. The highest BCUT2D eigenvalue weighted by Gasteiger charge is 2.60. The Hall–Kier alpha value is -3.07. The highest BCUT2D eigenvalue weighted by molar-refractivity contribution is 5.94. The topological polar surface area (TPSA) is 38.3 Å². The summed E-state index contributed by atoms with van der Waals surface area (Å²) in [5.74, 6) is 0.857. The van der Waals surface area contributed by atoms with Gasteiger partial charge >= 0.3 is 0 Å². The molecule has 0 radical (unpaired) electrons. The standard InChI is InChI=1S/C29H31NO2/c1-27(2,3)30-26(31)18-24-22-12-8-9-13-23(22)28(4,5)29(24)17-16-21-20-11-7-6-10-19(20)14-15-25(21)32-29/h6-17,24H,18H2,1-5H3,(H,30,31). The minimum absolute atomic E-state index is 0.0516. The van der Waals surface area contributed by atoms with Gasteiger partial charge in [-0.05, 0) is 54.8 Å². The SMILES string of the molecule is CC(C)(C)NC(=O)CC1c2ccccc2C(C)(C)C12C=Cc1c(ccc3ccccc13)O2. The van der Waals surface area contributed by atoms with Gasteiger partial charge in [-0.25, -0.2) is 0 Å². The van der Waals surface area contributed by atoms with Crippen LogP contribution in [0.3, 0.4) is 0 Å². The van der Waals surface area contributed by atoms with Gasteiger partial charge in [-0.15, -0.1) is 0 Å². The van der Waals surface area contributed by atoms with E-state index < -0.39 is 5.60 Å². The molecule has 164 valence electrons. The molecule has 1 spiro atoms. The number of ether oxygens (including phenoxy) is 1. The third-order valence-corrected chi connectivity index (χ3v) is 7.12. The maximum absolute atomic E-state index is 13.1. The third kappa shape index (κ3) is 3.06. The Morgan fingerprint density at radius 1 is 1.00 bits per heavy atom. The number of fused-ring (bicyclic) bond motifs is 4. The quantitative estimate of drug-likeness (QED) is 0.518. The second-order valence-electron chi connectivity index (χ2n) is 10.7. The molecule has 3 nitrogen and oxygen atoms in total. The zero-order valence-corrected chi connectivity index (χ0v) is 19.5. The van der Waals surface area contributed by atoms with Gasteiger partial charge in [0, 0.05) is 28.9 Å². The molecular weight excluding hydrogens is 394 g/mol. The lowest BCUT2D eigenvalue weighted by atomic mass is 9.69. The van der Waals surface area contributed by atoms with Crippen LogP contribution < -0.4 is 10.1 Å². The van der Waals surface area contributed by atoms with Gasteiger partial charge in [0.1, 0.15) is 11.4 Å². The second kappa shape index (κ2) is 6.96. The summed E-state index contributed by atoms with van der Waals surface area (Å²) in [4.78, 5) is 13.1. The Labute approximate surface area is 190 Å². The van der Waals surface area contributed by atoms with Crippen LogP contribution >= 0.6 is 0 Å². The second-order valence-corrected chi connectivity index (χ2v) is 10.7. The van der Waals surface area contributed by atoms with E-state index in [9.17, 15) is 4.79 Å². The summed E-state index contributed by atoms with van der Waals surface area (Å²) < 4.78 is 6.96. The molecule has 1 N–H and O–H groups in total. The molecule has 0 saturated heterocycles. The first kappa shape index (κ1) is 20.8. The van der Waals surface area contributed by atoms with Gasteiger partial charge in [-0.2, -0.15) is 0 Å². The molecule has 2 unspecified atom stereocenters. The number of rotatable bonds is 2. The van der Waals surface area contributed by atoms with Crippen molar-refractivity contribution in [1.82, 2.24) is 5.32 Å². The summed E-state index contributed by atoms with van der Waals surface area (Å²) in [5, 5.41) is 5.54. The van der Waals surface area contributed by atoms with Crippen molar-refractivity contribution in [3.8, 4) is 5.75 Å². The molecule has 0 fully saturated rings. The maximum Gasteiger partial charge on any atom is 0.221 e. The van der Waals surface area contributed by atoms with Crippen molar-refractivity contribution < 1.29 is 9.53 Å². The molecule has 1 aliphatic heterocycles. The van der Waals surface area contributed by atoms with Crippen molar-refractivity contribution in [2.75, 3.05) is 0 Å². The molecule has 2 atom stereocenters. The van der Waals surface area contributed by atoms with Crippen molar-refractivity contribution in [3.05, 3.63) is 83.4 Å². The van der Waals surface area contributed by atoms with E-state index in [0.717, 1.165) is 11.3 Å². The molecule has 3 heteroatoms. The first-order chi connectivity index (χ1) is 15.1. The number of benzene rings is 3. The van der Waals surface area contributed by atoms with E-state index >= 15 is 0 Å². The number of amides is 1. The molecule has 32 heavy (non-hydrogen) atoms. The van der Waals surface area contributed by atoms with Crippen molar-refractivity contribution in [2.45, 2.75) is 63.5 Å². The molecule has 0 saturated carbocycles. The minimum Gasteiger partial charge on any atom is -0.481 e. The highest BCUT2D eigenvalue weighted by Crippen LogP contribution is 2.59. The molecule has 1 aliphatic carbocycles. The molecule has 1 heterocycles. The van der Waals surface area contributed by atoms with Gasteiger partial charge in [-0.3, -0.25) is 4.79 Å². The van der Waals surface area contributed by atoms with Crippen LogP contribution in [0.5, 0.6) is 5.75 Å². The smallest absolute Gasteiger partial charge is 0.221 e. The fourth-order valence-corrected chi connectivity index (χ4v) is 5.65. The zero-order chi connectivity index (χ0) is 22.7. The Morgan fingerprint density at radius 3 is 2.50 bits per heavy atom. The first-order valence-electron chi connectivity index (χ1n) is 11.4. The molecule has 0 aromatic heterocycles. The average Bonchev–Trinajstić information content (AvgIpc) is 2.91.